The highest BCUT2D eigenvalue weighted by atomic mass is 16.5. The maximum atomic E-state index is 10.7. The minimum atomic E-state index is -0.801. The van der Waals surface area contributed by atoms with Crippen LogP contribution in [0, 0.1) is 12.3 Å². The second kappa shape index (κ2) is 3.49. The van der Waals surface area contributed by atoms with E-state index in [1.165, 1.54) is 0 Å². The minimum Gasteiger partial charge on any atom is -0.496 e. The number of aliphatic hydroxyl groups is 1. The van der Waals surface area contributed by atoms with E-state index < -0.39 is 5.60 Å². The van der Waals surface area contributed by atoms with Crippen LogP contribution in [0.3, 0.4) is 0 Å². The molecule has 0 saturated heterocycles. The monoisotopic (exact) mass is 220 g/mol. The zero-order valence-corrected chi connectivity index (χ0v) is 10.5. The van der Waals surface area contributed by atoms with Gasteiger partial charge in [-0.15, -0.1) is 0 Å². The molecule has 1 N–H and O–H groups in total. The van der Waals surface area contributed by atoms with E-state index in [4.69, 9.17) is 4.74 Å². The number of aryl methyl sites for hydroxylation is 1. The van der Waals surface area contributed by atoms with Crippen LogP contribution in [-0.4, -0.2) is 12.2 Å². The van der Waals surface area contributed by atoms with Gasteiger partial charge in [0.05, 0.1) is 12.7 Å². The van der Waals surface area contributed by atoms with Crippen LogP contribution in [0.15, 0.2) is 18.2 Å². The van der Waals surface area contributed by atoms with Gasteiger partial charge in [0.1, 0.15) is 5.75 Å². The first-order valence-corrected chi connectivity index (χ1v) is 5.78. The van der Waals surface area contributed by atoms with E-state index in [2.05, 4.69) is 6.92 Å². The molecule has 1 unspecified atom stereocenters. The Kier molecular flexibility index (Phi) is 2.50. The van der Waals surface area contributed by atoms with E-state index in [9.17, 15) is 5.11 Å². The largest absolute Gasteiger partial charge is 0.496 e. The molecule has 1 fully saturated rings. The summed E-state index contributed by atoms with van der Waals surface area (Å²) in [5.41, 5.74) is 1.27. The average Bonchev–Trinajstić information content (AvgIpc) is 2.98. The Bertz CT molecular complexity index is 403. The molecule has 1 aromatic rings. The lowest BCUT2D eigenvalue weighted by atomic mass is 9.80. The van der Waals surface area contributed by atoms with Gasteiger partial charge in [-0.3, -0.25) is 0 Å². The summed E-state index contributed by atoms with van der Waals surface area (Å²) in [4.78, 5) is 0. The number of rotatable bonds is 3. The molecule has 1 aliphatic rings. The van der Waals surface area contributed by atoms with Gasteiger partial charge in [0.15, 0.2) is 0 Å². The van der Waals surface area contributed by atoms with Crippen LogP contribution in [0.4, 0.5) is 0 Å². The smallest absolute Gasteiger partial charge is 0.124 e. The van der Waals surface area contributed by atoms with Gasteiger partial charge in [0, 0.05) is 11.0 Å². The van der Waals surface area contributed by atoms with E-state index in [0.717, 1.165) is 29.7 Å². The Morgan fingerprint density at radius 3 is 2.50 bits per heavy atom. The van der Waals surface area contributed by atoms with Gasteiger partial charge in [-0.1, -0.05) is 18.6 Å². The first-order chi connectivity index (χ1) is 7.40. The van der Waals surface area contributed by atoms with Crippen molar-refractivity contribution >= 4 is 0 Å². The van der Waals surface area contributed by atoms with Crippen molar-refractivity contribution in [2.24, 2.45) is 5.41 Å². The topological polar surface area (TPSA) is 29.5 Å². The van der Waals surface area contributed by atoms with Crippen LogP contribution < -0.4 is 4.74 Å². The zero-order valence-electron chi connectivity index (χ0n) is 10.5. The van der Waals surface area contributed by atoms with Gasteiger partial charge in [-0.2, -0.15) is 0 Å². The summed E-state index contributed by atoms with van der Waals surface area (Å²) in [5.74, 6) is 0.781. The number of methoxy groups -OCH3 is 1. The molecule has 1 atom stereocenters. The van der Waals surface area contributed by atoms with E-state index in [1.54, 1.807) is 7.11 Å². The lowest BCUT2D eigenvalue weighted by Gasteiger charge is -2.32. The van der Waals surface area contributed by atoms with Crippen LogP contribution >= 0.6 is 0 Å². The third-order valence-corrected chi connectivity index (χ3v) is 4.05. The van der Waals surface area contributed by atoms with Gasteiger partial charge < -0.3 is 9.84 Å². The van der Waals surface area contributed by atoms with Crippen LogP contribution in [0.2, 0.25) is 0 Å². The standard InChI is InChI=1S/C14H20O2/c1-10-5-6-12(16-4)11(9-10)14(3,15)13(2)7-8-13/h5-6,9,15H,7-8H2,1-4H3. The Morgan fingerprint density at radius 1 is 1.38 bits per heavy atom. The fraction of sp³-hybridized carbons (Fsp3) is 0.571. The molecule has 0 aliphatic heterocycles. The van der Waals surface area contributed by atoms with Crippen molar-refractivity contribution in [3.05, 3.63) is 29.3 Å². The number of ether oxygens (including phenoxy) is 1. The van der Waals surface area contributed by atoms with Crippen molar-refractivity contribution in [3.8, 4) is 5.75 Å². The van der Waals surface area contributed by atoms with Crippen molar-refractivity contribution < 1.29 is 9.84 Å². The van der Waals surface area contributed by atoms with Gasteiger partial charge >= 0.3 is 0 Å². The van der Waals surface area contributed by atoms with Crippen molar-refractivity contribution in [2.75, 3.05) is 7.11 Å². The molecule has 2 rings (SSSR count). The van der Waals surface area contributed by atoms with Crippen LogP contribution in [0.5, 0.6) is 5.75 Å². The predicted molar refractivity (Wildman–Crippen MR) is 64.6 cm³/mol. The second-order valence-corrected chi connectivity index (χ2v) is 5.34. The maximum absolute atomic E-state index is 10.7. The van der Waals surface area contributed by atoms with Crippen LogP contribution in [-0.2, 0) is 5.60 Å². The molecule has 16 heavy (non-hydrogen) atoms. The number of hydrogen-bond acceptors (Lipinski definition) is 2. The summed E-state index contributed by atoms with van der Waals surface area (Å²) in [6.07, 6.45) is 2.16. The SMILES string of the molecule is COc1ccc(C)cc1C(C)(O)C1(C)CC1. The predicted octanol–water partition coefficient (Wildman–Crippen LogP) is 3.01. The quantitative estimate of drug-likeness (QED) is 0.848. The van der Waals surface area contributed by atoms with Gasteiger partial charge in [-0.05, 0) is 38.8 Å². The second-order valence-electron chi connectivity index (χ2n) is 5.34. The summed E-state index contributed by atoms with van der Waals surface area (Å²) in [6, 6.07) is 5.97. The van der Waals surface area contributed by atoms with Gasteiger partial charge in [0.25, 0.3) is 0 Å². The van der Waals surface area contributed by atoms with Crippen molar-refractivity contribution in [1.82, 2.24) is 0 Å². The van der Waals surface area contributed by atoms with Crippen molar-refractivity contribution in [1.29, 1.82) is 0 Å². The number of benzene rings is 1. The summed E-state index contributed by atoms with van der Waals surface area (Å²) >= 11 is 0. The molecule has 0 radical (unpaired) electrons. The highest BCUT2D eigenvalue weighted by Gasteiger charge is 2.54. The Hall–Kier alpha value is -1.02. The molecule has 88 valence electrons. The fourth-order valence-corrected chi connectivity index (χ4v) is 2.20. The van der Waals surface area contributed by atoms with Crippen LogP contribution in [0.1, 0.15) is 37.8 Å². The zero-order chi connectivity index (χ0) is 12.0. The van der Waals surface area contributed by atoms with E-state index in [-0.39, 0.29) is 5.41 Å². The molecule has 2 nitrogen and oxygen atoms in total. The van der Waals surface area contributed by atoms with Gasteiger partial charge in [0.2, 0.25) is 0 Å². The third-order valence-electron chi connectivity index (χ3n) is 4.05. The molecular weight excluding hydrogens is 200 g/mol. The third kappa shape index (κ3) is 1.61. The summed E-state index contributed by atoms with van der Waals surface area (Å²) in [6.45, 7) is 6.07. The molecule has 0 heterocycles. The van der Waals surface area contributed by atoms with Crippen molar-refractivity contribution in [2.45, 2.75) is 39.2 Å². The minimum absolute atomic E-state index is 0.00801. The molecule has 0 amide bonds. The lowest BCUT2D eigenvalue weighted by molar-refractivity contribution is -0.0146. The summed E-state index contributed by atoms with van der Waals surface area (Å²) < 4.78 is 5.35. The number of hydrogen-bond donors (Lipinski definition) is 1. The average molecular weight is 220 g/mol. The highest BCUT2D eigenvalue weighted by molar-refractivity contribution is 5.42. The van der Waals surface area contributed by atoms with Crippen LogP contribution in [0.25, 0.3) is 0 Å². The van der Waals surface area contributed by atoms with E-state index in [1.807, 2.05) is 32.0 Å². The Morgan fingerprint density at radius 2 is 2.00 bits per heavy atom. The maximum Gasteiger partial charge on any atom is 0.124 e. The molecule has 1 aliphatic carbocycles. The van der Waals surface area contributed by atoms with Crippen molar-refractivity contribution in [3.63, 3.8) is 0 Å². The van der Waals surface area contributed by atoms with Gasteiger partial charge in [-0.25, -0.2) is 0 Å². The fourth-order valence-electron chi connectivity index (χ4n) is 2.20. The molecule has 1 saturated carbocycles. The summed E-state index contributed by atoms with van der Waals surface area (Å²) in [7, 11) is 1.65. The summed E-state index contributed by atoms with van der Waals surface area (Å²) in [5, 5.41) is 10.7. The lowest BCUT2D eigenvalue weighted by Crippen LogP contribution is -2.32. The molecule has 1 aromatic carbocycles. The Balaban J connectivity index is 2.49. The van der Waals surface area contributed by atoms with E-state index >= 15 is 0 Å². The van der Waals surface area contributed by atoms with E-state index in [0.29, 0.717) is 0 Å². The molecular formula is C14H20O2. The first kappa shape index (κ1) is 11.5. The highest BCUT2D eigenvalue weighted by Crippen LogP contribution is 2.59. The first-order valence-electron chi connectivity index (χ1n) is 5.78. The molecule has 0 bridgehead atoms. The Labute approximate surface area is 97.3 Å². The normalized spacial score (nSPS) is 21.3. The molecule has 2 heteroatoms. The molecule has 0 aromatic heterocycles. The molecule has 0 spiro atoms.